The molecule has 2 aromatic carbocycles. The lowest BCUT2D eigenvalue weighted by molar-refractivity contribution is -0.124. The van der Waals surface area contributed by atoms with E-state index in [0.29, 0.717) is 6.42 Å². The second kappa shape index (κ2) is 4.20. The van der Waals surface area contributed by atoms with Gasteiger partial charge in [0, 0.05) is 6.20 Å². The molecule has 2 aromatic rings. The van der Waals surface area contributed by atoms with Crippen LogP contribution in [0.3, 0.4) is 0 Å². The van der Waals surface area contributed by atoms with Crippen molar-refractivity contribution in [2.45, 2.75) is 6.42 Å². The zero-order valence-corrected chi connectivity index (χ0v) is 10.9. The Morgan fingerprint density at radius 1 is 0.850 bits per heavy atom. The number of nitrogens with zero attached hydrogens (tertiary/aromatic N) is 1. The summed E-state index contributed by atoms with van der Waals surface area (Å²) < 4.78 is 0. The van der Waals surface area contributed by atoms with E-state index in [4.69, 9.17) is 0 Å². The number of hydrogen-bond donors (Lipinski definition) is 0. The maximum absolute atomic E-state index is 12.2. The largest absolute Gasteiger partial charge is 0.287 e. The lowest BCUT2D eigenvalue weighted by Crippen LogP contribution is -2.34. The molecule has 2 heterocycles. The average molecular weight is 259 g/mol. The second-order valence-electron chi connectivity index (χ2n) is 5.07. The highest BCUT2D eigenvalue weighted by Crippen LogP contribution is 2.33. The molecule has 4 rings (SSSR count). The first-order valence-electron chi connectivity index (χ1n) is 6.72. The van der Waals surface area contributed by atoms with E-state index >= 15 is 0 Å². The van der Waals surface area contributed by atoms with Gasteiger partial charge in [0.2, 0.25) is 5.91 Å². The Labute approximate surface area is 117 Å². The van der Waals surface area contributed by atoms with Gasteiger partial charge in [0.05, 0.1) is 12.1 Å². The number of fused-ring (bicyclic) bond motifs is 2. The molecule has 96 valence electrons. The molecule has 1 amide bonds. The molecule has 2 heteroatoms. The van der Waals surface area contributed by atoms with E-state index < -0.39 is 0 Å². The summed E-state index contributed by atoms with van der Waals surface area (Å²) in [6.45, 7) is 0. The molecule has 0 atom stereocenters. The van der Waals surface area contributed by atoms with Crippen LogP contribution in [0.1, 0.15) is 12.0 Å². The van der Waals surface area contributed by atoms with Crippen molar-refractivity contribution in [3.8, 4) is 0 Å². The molecule has 2 nitrogen and oxygen atoms in total. The Bertz CT molecular complexity index is 846. The van der Waals surface area contributed by atoms with Crippen molar-refractivity contribution in [3.05, 3.63) is 76.3 Å². The summed E-state index contributed by atoms with van der Waals surface area (Å²) in [5, 5.41) is 2.26. The lowest BCUT2D eigenvalue weighted by Gasteiger charge is -2.17. The predicted octanol–water partition coefficient (Wildman–Crippen LogP) is 1.86. The van der Waals surface area contributed by atoms with Crippen molar-refractivity contribution < 1.29 is 4.79 Å². The molecule has 0 spiro atoms. The van der Waals surface area contributed by atoms with E-state index in [1.807, 2.05) is 42.6 Å². The van der Waals surface area contributed by atoms with E-state index in [9.17, 15) is 4.79 Å². The molecule has 0 N–H and O–H groups in total. The first-order valence-corrected chi connectivity index (χ1v) is 6.72. The third kappa shape index (κ3) is 1.62. The smallest absolute Gasteiger partial charge is 0.235 e. The summed E-state index contributed by atoms with van der Waals surface area (Å²) in [4.78, 5) is 14.0. The van der Waals surface area contributed by atoms with Crippen LogP contribution in [0.25, 0.3) is 17.8 Å². The Balaban J connectivity index is 1.98. The molecule has 0 saturated carbocycles. The maximum Gasteiger partial charge on any atom is 0.235 e. The van der Waals surface area contributed by atoms with Gasteiger partial charge < -0.3 is 0 Å². The number of hydrogen-bond acceptors (Lipinski definition) is 1. The molecule has 0 radical (unpaired) electrons. The number of benzene rings is 2. The molecule has 0 aliphatic carbocycles. The number of allylic oxidation sites excluding steroid dienone is 1. The SMILES string of the molecule is O=C1CC(c2ccccc2)=C2C=c3ccccc3=CN12. The van der Waals surface area contributed by atoms with Gasteiger partial charge >= 0.3 is 0 Å². The quantitative estimate of drug-likeness (QED) is 0.765. The maximum atomic E-state index is 12.2. The van der Waals surface area contributed by atoms with Crippen LogP contribution in [0.4, 0.5) is 0 Å². The minimum Gasteiger partial charge on any atom is -0.287 e. The molecular weight excluding hydrogens is 246 g/mol. The normalized spacial score (nSPS) is 16.4. The summed E-state index contributed by atoms with van der Waals surface area (Å²) in [6.07, 6.45) is 4.53. The lowest BCUT2D eigenvalue weighted by atomic mass is 10.0. The molecular formula is C18H13NO. The van der Waals surface area contributed by atoms with E-state index in [2.05, 4.69) is 24.3 Å². The highest BCUT2D eigenvalue weighted by atomic mass is 16.2. The van der Waals surface area contributed by atoms with Crippen molar-refractivity contribution >= 4 is 23.8 Å². The number of carbonyl (C=O) groups is 1. The molecule has 0 fully saturated rings. The minimum absolute atomic E-state index is 0.143. The summed E-state index contributed by atoms with van der Waals surface area (Å²) in [5.74, 6) is 0.143. The topological polar surface area (TPSA) is 20.3 Å². The van der Waals surface area contributed by atoms with Crippen LogP contribution in [0.5, 0.6) is 0 Å². The van der Waals surface area contributed by atoms with Crippen LogP contribution in [0.2, 0.25) is 0 Å². The van der Waals surface area contributed by atoms with Gasteiger partial charge in [-0.3, -0.25) is 9.69 Å². The first kappa shape index (κ1) is 11.2. The Kier molecular flexibility index (Phi) is 2.36. The van der Waals surface area contributed by atoms with Gasteiger partial charge in [0.25, 0.3) is 0 Å². The molecule has 0 bridgehead atoms. The third-order valence-electron chi connectivity index (χ3n) is 3.84. The Morgan fingerprint density at radius 2 is 1.55 bits per heavy atom. The van der Waals surface area contributed by atoms with Gasteiger partial charge in [0.15, 0.2) is 0 Å². The van der Waals surface area contributed by atoms with Crippen molar-refractivity contribution in [1.82, 2.24) is 4.90 Å². The standard InChI is InChI=1S/C18H13NO/c20-18-11-16(13-6-2-1-3-7-13)17-10-14-8-4-5-9-15(14)12-19(17)18/h1-10,12H,11H2. The van der Waals surface area contributed by atoms with Crippen molar-refractivity contribution in [2.24, 2.45) is 0 Å². The molecule has 2 aliphatic rings. The fraction of sp³-hybridized carbons (Fsp3) is 0.0556. The van der Waals surface area contributed by atoms with E-state index in [1.165, 1.54) is 5.22 Å². The Morgan fingerprint density at radius 3 is 2.35 bits per heavy atom. The number of amides is 1. The summed E-state index contributed by atoms with van der Waals surface area (Å²) in [5.41, 5.74) is 3.25. The van der Waals surface area contributed by atoms with Gasteiger partial charge in [0.1, 0.15) is 0 Å². The predicted molar refractivity (Wildman–Crippen MR) is 79.4 cm³/mol. The summed E-state index contributed by atoms with van der Waals surface area (Å²) in [7, 11) is 0. The first-order chi connectivity index (χ1) is 9.83. The van der Waals surface area contributed by atoms with Gasteiger partial charge in [-0.2, -0.15) is 0 Å². The molecule has 0 saturated heterocycles. The van der Waals surface area contributed by atoms with Crippen LogP contribution < -0.4 is 10.4 Å². The highest BCUT2D eigenvalue weighted by Gasteiger charge is 2.29. The summed E-state index contributed by atoms with van der Waals surface area (Å²) in [6, 6.07) is 18.3. The monoisotopic (exact) mass is 259 g/mol. The molecule has 20 heavy (non-hydrogen) atoms. The third-order valence-corrected chi connectivity index (χ3v) is 3.84. The van der Waals surface area contributed by atoms with Crippen molar-refractivity contribution in [1.29, 1.82) is 0 Å². The van der Waals surface area contributed by atoms with E-state index in [-0.39, 0.29) is 5.91 Å². The molecule has 0 unspecified atom stereocenters. The van der Waals surface area contributed by atoms with E-state index in [1.54, 1.807) is 4.90 Å². The molecule has 2 aliphatic heterocycles. The number of carbonyl (C=O) groups excluding carboxylic acids is 1. The number of rotatable bonds is 1. The van der Waals surface area contributed by atoms with Gasteiger partial charge in [-0.25, -0.2) is 0 Å². The van der Waals surface area contributed by atoms with Crippen molar-refractivity contribution in [2.75, 3.05) is 0 Å². The van der Waals surface area contributed by atoms with Crippen LogP contribution in [-0.2, 0) is 4.79 Å². The second-order valence-corrected chi connectivity index (χ2v) is 5.07. The van der Waals surface area contributed by atoms with Crippen LogP contribution in [-0.4, -0.2) is 10.8 Å². The fourth-order valence-electron chi connectivity index (χ4n) is 2.84. The minimum atomic E-state index is 0.143. The van der Waals surface area contributed by atoms with Crippen LogP contribution in [0.15, 0.2) is 60.3 Å². The zero-order chi connectivity index (χ0) is 13.5. The van der Waals surface area contributed by atoms with Gasteiger partial charge in [-0.1, -0.05) is 54.6 Å². The fourth-order valence-corrected chi connectivity index (χ4v) is 2.84. The van der Waals surface area contributed by atoms with Crippen LogP contribution >= 0.6 is 0 Å². The zero-order valence-electron chi connectivity index (χ0n) is 10.9. The average Bonchev–Trinajstić information content (AvgIpc) is 2.83. The Hall–Kier alpha value is -2.61. The summed E-state index contributed by atoms with van der Waals surface area (Å²) >= 11 is 0. The van der Waals surface area contributed by atoms with Crippen molar-refractivity contribution in [3.63, 3.8) is 0 Å². The van der Waals surface area contributed by atoms with E-state index in [0.717, 1.165) is 22.1 Å². The van der Waals surface area contributed by atoms with Gasteiger partial charge in [-0.15, -0.1) is 0 Å². The van der Waals surface area contributed by atoms with Gasteiger partial charge in [-0.05, 0) is 27.6 Å². The highest BCUT2D eigenvalue weighted by molar-refractivity contribution is 6.02. The van der Waals surface area contributed by atoms with Crippen LogP contribution in [0, 0.1) is 0 Å². The molecule has 0 aromatic heterocycles.